The number of likely N-dealkylation sites (tertiary alicyclic amines) is 1. The quantitative estimate of drug-likeness (QED) is 0.795. The first-order chi connectivity index (χ1) is 11.6. The summed E-state index contributed by atoms with van der Waals surface area (Å²) in [7, 11) is 0. The highest BCUT2D eigenvalue weighted by atomic mass is 16.5. The first-order valence-electron chi connectivity index (χ1n) is 9.11. The van der Waals surface area contributed by atoms with Crippen LogP contribution in [0.2, 0.25) is 0 Å². The van der Waals surface area contributed by atoms with Crippen LogP contribution >= 0.6 is 0 Å². The molecule has 0 bridgehead atoms. The molecule has 0 atom stereocenters. The van der Waals surface area contributed by atoms with Crippen LogP contribution in [0, 0.1) is 5.92 Å². The Morgan fingerprint density at radius 1 is 1.25 bits per heavy atom. The molecule has 1 aliphatic rings. The molecule has 0 saturated carbocycles. The summed E-state index contributed by atoms with van der Waals surface area (Å²) in [4.78, 5) is 6.81. The van der Waals surface area contributed by atoms with Crippen molar-refractivity contribution in [2.45, 2.75) is 39.7 Å². The predicted molar refractivity (Wildman–Crippen MR) is 98.4 cm³/mol. The molecule has 0 amide bonds. The van der Waals surface area contributed by atoms with Crippen LogP contribution in [0.15, 0.2) is 36.8 Å². The maximum atomic E-state index is 6.00. The molecule has 4 heteroatoms. The first kappa shape index (κ1) is 17.0. The molecular weight excluding hydrogens is 298 g/mol. The van der Waals surface area contributed by atoms with Crippen molar-refractivity contribution in [1.82, 2.24) is 14.5 Å². The minimum Gasteiger partial charge on any atom is -0.492 e. The van der Waals surface area contributed by atoms with Crippen molar-refractivity contribution in [3.63, 3.8) is 0 Å². The summed E-state index contributed by atoms with van der Waals surface area (Å²) in [6.07, 6.45) is 6.45. The van der Waals surface area contributed by atoms with Gasteiger partial charge in [-0.1, -0.05) is 19.1 Å². The van der Waals surface area contributed by atoms with Crippen LogP contribution in [0.3, 0.4) is 0 Å². The van der Waals surface area contributed by atoms with Crippen LogP contribution in [-0.2, 0) is 0 Å². The molecule has 0 spiro atoms. The molecule has 0 unspecified atom stereocenters. The third-order valence-electron chi connectivity index (χ3n) is 4.90. The molecule has 0 aliphatic carbocycles. The molecule has 1 aromatic heterocycles. The molecule has 3 rings (SSSR count). The maximum Gasteiger partial charge on any atom is 0.120 e. The molecule has 1 aromatic carbocycles. The van der Waals surface area contributed by atoms with Gasteiger partial charge in [0.05, 0.1) is 18.2 Å². The van der Waals surface area contributed by atoms with E-state index in [1.54, 1.807) is 0 Å². The number of rotatable bonds is 6. The lowest BCUT2D eigenvalue weighted by atomic mass is 9.99. The molecule has 1 aliphatic heterocycles. The van der Waals surface area contributed by atoms with E-state index in [0.717, 1.165) is 36.1 Å². The Morgan fingerprint density at radius 3 is 2.79 bits per heavy atom. The number of imidazole rings is 1. The average Bonchev–Trinajstić information content (AvgIpc) is 3.07. The van der Waals surface area contributed by atoms with Crippen LogP contribution in [0.1, 0.15) is 39.7 Å². The Labute approximate surface area is 145 Å². The van der Waals surface area contributed by atoms with Crippen LogP contribution in [-0.4, -0.2) is 40.7 Å². The number of hydrogen-bond donors (Lipinski definition) is 0. The van der Waals surface area contributed by atoms with Crippen molar-refractivity contribution in [1.29, 1.82) is 0 Å². The molecule has 1 saturated heterocycles. The van der Waals surface area contributed by atoms with Gasteiger partial charge in [-0.25, -0.2) is 4.98 Å². The highest BCUT2D eigenvalue weighted by molar-refractivity contribution is 5.61. The van der Waals surface area contributed by atoms with Gasteiger partial charge in [-0.2, -0.15) is 0 Å². The van der Waals surface area contributed by atoms with Gasteiger partial charge < -0.3 is 9.30 Å². The number of piperidine rings is 1. The van der Waals surface area contributed by atoms with Crippen LogP contribution in [0.4, 0.5) is 0 Å². The zero-order valence-corrected chi connectivity index (χ0v) is 15.1. The van der Waals surface area contributed by atoms with Crippen molar-refractivity contribution in [3.05, 3.63) is 36.8 Å². The number of benzene rings is 1. The van der Waals surface area contributed by atoms with E-state index >= 15 is 0 Å². The van der Waals surface area contributed by atoms with Gasteiger partial charge >= 0.3 is 0 Å². The number of aromatic nitrogens is 2. The molecule has 130 valence electrons. The fraction of sp³-hybridized carbons (Fsp3) is 0.550. The van der Waals surface area contributed by atoms with Gasteiger partial charge in [0, 0.05) is 18.2 Å². The summed E-state index contributed by atoms with van der Waals surface area (Å²) in [5.41, 5.74) is 2.30. The molecule has 0 radical (unpaired) electrons. The van der Waals surface area contributed by atoms with E-state index in [4.69, 9.17) is 4.74 Å². The molecule has 2 aromatic rings. The molecular formula is C20H29N3O. The van der Waals surface area contributed by atoms with Gasteiger partial charge in [0.1, 0.15) is 12.4 Å². The third-order valence-corrected chi connectivity index (χ3v) is 4.90. The second kappa shape index (κ2) is 7.84. The van der Waals surface area contributed by atoms with Crippen LogP contribution < -0.4 is 4.74 Å². The Morgan fingerprint density at radius 2 is 2.04 bits per heavy atom. The van der Waals surface area contributed by atoms with E-state index in [0.29, 0.717) is 6.04 Å². The van der Waals surface area contributed by atoms with E-state index in [2.05, 4.69) is 53.4 Å². The summed E-state index contributed by atoms with van der Waals surface area (Å²) in [6.45, 7) is 10.9. The van der Waals surface area contributed by atoms with E-state index < -0.39 is 0 Å². The third kappa shape index (κ3) is 4.18. The second-order valence-corrected chi connectivity index (χ2v) is 7.18. The fourth-order valence-electron chi connectivity index (χ4n) is 3.26. The van der Waals surface area contributed by atoms with Crippen molar-refractivity contribution in [2.75, 3.05) is 26.2 Å². The average molecular weight is 327 g/mol. The first-order valence-corrected chi connectivity index (χ1v) is 9.11. The number of nitrogens with zero attached hydrogens (tertiary/aromatic N) is 3. The van der Waals surface area contributed by atoms with Crippen LogP contribution in [0.25, 0.3) is 11.3 Å². The lowest BCUT2D eigenvalue weighted by Gasteiger charge is -2.29. The normalized spacial score (nSPS) is 16.7. The Kier molecular flexibility index (Phi) is 5.56. The maximum absolute atomic E-state index is 6.00. The number of hydrogen-bond acceptors (Lipinski definition) is 3. The minimum absolute atomic E-state index is 0.397. The summed E-state index contributed by atoms with van der Waals surface area (Å²) < 4.78 is 8.19. The van der Waals surface area contributed by atoms with E-state index in [1.165, 1.54) is 25.9 Å². The van der Waals surface area contributed by atoms with Crippen molar-refractivity contribution < 1.29 is 4.74 Å². The summed E-state index contributed by atoms with van der Waals surface area (Å²) >= 11 is 0. The lowest BCUT2D eigenvalue weighted by Crippen LogP contribution is -2.35. The Hall–Kier alpha value is -1.81. The predicted octanol–water partition coefficient (Wildman–Crippen LogP) is 4.24. The zero-order valence-electron chi connectivity index (χ0n) is 15.1. The zero-order chi connectivity index (χ0) is 16.9. The van der Waals surface area contributed by atoms with Crippen molar-refractivity contribution >= 4 is 0 Å². The Balaban J connectivity index is 1.58. The van der Waals surface area contributed by atoms with Gasteiger partial charge in [-0.05, 0) is 57.8 Å². The monoisotopic (exact) mass is 327 g/mol. The summed E-state index contributed by atoms with van der Waals surface area (Å²) in [6, 6.07) is 8.74. The van der Waals surface area contributed by atoms with E-state index in [9.17, 15) is 0 Å². The smallest absolute Gasteiger partial charge is 0.120 e. The van der Waals surface area contributed by atoms with Gasteiger partial charge in [-0.15, -0.1) is 0 Å². The molecule has 24 heavy (non-hydrogen) atoms. The summed E-state index contributed by atoms with van der Waals surface area (Å²) in [5.74, 6) is 1.82. The minimum atomic E-state index is 0.397. The number of ether oxygens (including phenoxy) is 1. The Bertz CT molecular complexity index is 642. The van der Waals surface area contributed by atoms with Crippen molar-refractivity contribution in [2.24, 2.45) is 5.92 Å². The SMILES string of the molecule is CC1CCN(CCOc2cccc(-c3cncn3C(C)C)c2)CC1. The van der Waals surface area contributed by atoms with E-state index in [-0.39, 0.29) is 0 Å². The van der Waals surface area contributed by atoms with Crippen LogP contribution in [0.5, 0.6) is 5.75 Å². The highest BCUT2D eigenvalue weighted by Crippen LogP contribution is 2.26. The standard InChI is InChI=1S/C20H29N3O/c1-16(2)23-15-21-14-20(23)18-5-4-6-19(13-18)24-12-11-22-9-7-17(3)8-10-22/h4-6,13-17H,7-12H2,1-3H3. The van der Waals surface area contributed by atoms with Gasteiger partial charge in [0.2, 0.25) is 0 Å². The topological polar surface area (TPSA) is 30.3 Å². The summed E-state index contributed by atoms with van der Waals surface area (Å²) in [5, 5.41) is 0. The molecule has 4 nitrogen and oxygen atoms in total. The largest absolute Gasteiger partial charge is 0.492 e. The van der Waals surface area contributed by atoms with Crippen molar-refractivity contribution in [3.8, 4) is 17.0 Å². The molecule has 2 heterocycles. The lowest BCUT2D eigenvalue weighted by molar-refractivity contribution is 0.160. The van der Waals surface area contributed by atoms with E-state index in [1.807, 2.05) is 18.6 Å². The highest BCUT2D eigenvalue weighted by Gasteiger charge is 2.15. The van der Waals surface area contributed by atoms with Gasteiger partial charge in [0.25, 0.3) is 0 Å². The molecule has 1 fully saturated rings. The van der Waals surface area contributed by atoms with Gasteiger partial charge in [0.15, 0.2) is 0 Å². The fourth-order valence-corrected chi connectivity index (χ4v) is 3.26. The van der Waals surface area contributed by atoms with Gasteiger partial charge in [-0.3, -0.25) is 4.90 Å². The molecule has 0 N–H and O–H groups in total. The second-order valence-electron chi connectivity index (χ2n) is 7.18.